The summed E-state index contributed by atoms with van der Waals surface area (Å²) in [4.78, 5) is 35.3. The number of carbonyl (C=O) groups excluding carboxylic acids is 2. The molecule has 9 nitrogen and oxygen atoms in total. The number of alkyl halides is 3. The number of nitrogens with one attached hydrogen (secondary N) is 2. The number of rotatable bonds is 5. The van der Waals surface area contributed by atoms with E-state index in [9.17, 15) is 27.2 Å². The number of pyridine rings is 1. The van der Waals surface area contributed by atoms with Crippen LogP contribution in [0.25, 0.3) is 10.8 Å². The number of halogens is 4. The fourth-order valence-corrected chi connectivity index (χ4v) is 6.02. The highest BCUT2D eigenvalue weighted by Gasteiger charge is 2.38. The average Bonchev–Trinajstić information content (AvgIpc) is 3.42. The van der Waals surface area contributed by atoms with Gasteiger partial charge < -0.3 is 20.4 Å². The van der Waals surface area contributed by atoms with Gasteiger partial charge in [-0.1, -0.05) is 12.1 Å². The number of aromatic nitrogens is 3. The number of nitrogens with zero attached hydrogens (tertiary/aromatic N) is 5. The number of carbonyl (C=O) groups is 2. The third kappa shape index (κ3) is 5.87. The van der Waals surface area contributed by atoms with Crippen LogP contribution in [0.4, 0.5) is 29.1 Å². The minimum absolute atomic E-state index is 0.0613. The van der Waals surface area contributed by atoms with Crippen molar-refractivity contribution in [1.82, 2.24) is 24.6 Å². The lowest BCUT2D eigenvalue weighted by molar-refractivity contribution is -0.140. The molecule has 0 bridgehead atoms. The highest BCUT2D eigenvalue weighted by Crippen LogP contribution is 2.39. The van der Waals surface area contributed by atoms with Gasteiger partial charge in [0.1, 0.15) is 17.7 Å². The van der Waals surface area contributed by atoms with Crippen molar-refractivity contribution in [3.05, 3.63) is 94.8 Å². The lowest BCUT2D eigenvalue weighted by atomic mass is 9.93. The molecule has 4 heterocycles. The van der Waals surface area contributed by atoms with E-state index in [0.29, 0.717) is 42.4 Å². The highest BCUT2D eigenvalue weighted by molar-refractivity contribution is 6.07. The largest absolute Gasteiger partial charge is 0.419 e. The summed E-state index contributed by atoms with van der Waals surface area (Å²) >= 11 is 0. The maximum atomic E-state index is 14.9. The molecule has 2 aliphatic heterocycles. The second kappa shape index (κ2) is 11.6. The summed E-state index contributed by atoms with van der Waals surface area (Å²) in [5.41, 5.74) is -0.303. The number of hydrogen-bond donors (Lipinski definition) is 2. The maximum Gasteiger partial charge on any atom is 0.419 e. The van der Waals surface area contributed by atoms with E-state index in [1.807, 2.05) is 14.1 Å². The Morgan fingerprint density at radius 3 is 2.47 bits per heavy atom. The van der Waals surface area contributed by atoms with E-state index in [0.717, 1.165) is 35.7 Å². The van der Waals surface area contributed by atoms with Gasteiger partial charge in [-0.05, 0) is 75.1 Å². The fourth-order valence-electron chi connectivity index (χ4n) is 6.02. The molecule has 1 atom stereocenters. The minimum atomic E-state index is -4.90. The zero-order valence-corrected chi connectivity index (χ0v) is 24.8. The molecule has 2 N–H and O–H groups in total. The summed E-state index contributed by atoms with van der Waals surface area (Å²) < 4.78 is 56.6. The van der Waals surface area contributed by atoms with Crippen molar-refractivity contribution >= 4 is 34.1 Å². The zero-order chi connectivity index (χ0) is 32.0. The first-order valence-electron chi connectivity index (χ1n) is 14.5. The third-order valence-electron chi connectivity index (χ3n) is 8.43. The first-order valence-corrected chi connectivity index (χ1v) is 14.5. The number of fused-ring (bicyclic) bond motifs is 2. The lowest BCUT2D eigenvalue weighted by Crippen LogP contribution is -2.44. The topological polar surface area (TPSA) is 95.4 Å². The Morgan fingerprint density at radius 1 is 1.02 bits per heavy atom. The molecule has 45 heavy (non-hydrogen) atoms. The number of allylic oxidation sites excluding steroid dienone is 1. The highest BCUT2D eigenvalue weighted by atomic mass is 19.4. The summed E-state index contributed by atoms with van der Waals surface area (Å²) in [5.74, 6) is -2.01. The van der Waals surface area contributed by atoms with Crippen LogP contribution >= 0.6 is 0 Å². The molecule has 2 aliphatic rings. The van der Waals surface area contributed by atoms with Crippen LogP contribution in [0.2, 0.25) is 0 Å². The maximum absolute atomic E-state index is 14.9. The number of anilines is 2. The Labute approximate surface area is 256 Å². The first-order chi connectivity index (χ1) is 21.4. The van der Waals surface area contributed by atoms with Crippen molar-refractivity contribution in [2.45, 2.75) is 38.0 Å². The van der Waals surface area contributed by atoms with Gasteiger partial charge in [-0.25, -0.2) is 9.07 Å². The molecule has 13 heteroatoms. The third-order valence-corrected chi connectivity index (χ3v) is 8.43. The molecule has 6 rings (SSSR count). The summed E-state index contributed by atoms with van der Waals surface area (Å²) in [6, 6.07) is 10.4. The van der Waals surface area contributed by atoms with E-state index in [1.165, 1.54) is 4.68 Å². The van der Waals surface area contributed by atoms with Gasteiger partial charge >= 0.3 is 6.18 Å². The van der Waals surface area contributed by atoms with Crippen LogP contribution in [0.1, 0.15) is 47.4 Å². The van der Waals surface area contributed by atoms with Crippen molar-refractivity contribution in [3.63, 3.8) is 0 Å². The quantitative estimate of drug-likeness (QED) is 0.279. The second-order valence-electron chi connectivity index (χ2n) is 11.5. The van der Waals surface area contributed by atoms with E-state index in [2.05, 4.69) is 25.6 Å². The minimum Gasteiger partial charge on any atom is -0.344 e. The molecule has 0 aliphatic carbocycles. The predicted octanol–water partition coefficient (Wildman–Crippen LogP) is 5.68. The van der Waals surface area contributed by atoms with E-state index in [4.69, 9.17) is 0 Å². The van der Waals surface area contributed by atoms with Gasteiger partial charge in [0.2, 0.25) is 0 Å². The van der Waals surface area contributed by atoms with Crippen LogP contribution in [0.5, 0.6) is 0 Å². The SMILES string of the molecule is CC1=C(C(=O)Nc2ccc3cnccc3c2)C(c2ccc(C(F)(F)F)c(F)c2)n2nc(C(=O)N3CCC(N(C)C)CC3)cc2N1. The van der Waals surface area contributed by atoms with Crippen molar-refractivity contribution in [2.24, 2.45) is 0 Å². The van der Waals surface area contributed by atoms with Crippen LogP contribution in [-0.2, 0) is 11.0 Å². The van der Waals surface area contributed by atoms with E-state index in [1.54, 1.807) is 54.5 Å². The molecule has 0 radical (unpaired) electrons. The Morgan fingerprint density at radius 2 is 1.78 bits per heavy atom. The smallest absolute Gasteiger partial charge is 0.344 e. The van der Waals surface area contributed by atoms with Crippen molar-refractivity contribution < 1.29 is 27.2 Å². The molecule has 2 amide bonds. The van der Waals surface area contributed by atoms with Gasteiger partial charge in [-0.2, -0.15) is 18.3 Å². The summed E-state index contributed by atoms with van der Waals surface area (Å²) in [7, 11) is 4.00. The number of hydrogen-bond acceptors (Lipinski definition) is 6. The Bertz CT molecular complexity index is 1820. The molecule has 1 saturated heterocycles. The van der Waals surface area contributed by atoms with E-state index < -0.39 is 29.5 Å². The predicted molar refractivity (Wildman–Crippen MR) is 161 cm³/mol. The van der Waals surface area contributed by atoms with Crippen LogP contribution < -0.4 is 10.6 Å². The van der Waals surface area contributed by atoms with Gasteiger partial charge in [0, 0.05) is 54.4 Å². The summed E-state index contributed by atoms with van der Waals surface area (Å²) in [6.07, 6.45) is 0.0211. The Balaban J connectivity index is 1.37. The first kappa shape index (κ1) is 30.3. The lowest BCUT2D eigenvalue weighted by Gasteiger charge is -2.34. The summed E-state index contributed by atoms with van der Waals surface area (Å²) in [5, 5.41) is 12.2. The molecular formula is C32H31F4N7O2. The zero-order valence-electron chi connectivity index (χ0n) is 24.8. The van der Waals surface area contributed by atoms with Crippen molar-refractivity contribution in [2.75, 3.05) is 37.8 Å². The molecule has 2 aromatic carbocycles. The normalized spacial score (nSPS) is 17.4. The molecule has 234 valence electrons. The van der Waals surface area contributed by atoms with E-state index >= 15 is 0 Å². The number of amides is 2. The molecule has 1 fully saturated rings. The van der Waals surface area contributed by atoms with Crippen molar-refractivity contribution in [3.8, 4) is 0 Å². The Hall–Kier alpha value is -4.78. The Kier molecular flexibility index (Phi) is 7.81. The van der Waals surface area contributed by atoms with Gasteiger partial charge in [0.05, 0.1) is 11.1 Å². The van der Waals surface area contributed by atoms with Gasteiger partial charge in [-0.3, -0.25) is 14.6 Å². The van der Waals surface area contributed by atoms with E-state index in [-0.39, 0.29) is 22.7 Å². The molecule has 0 saturated carbocycles. The molecule has 1 unspecified atom stereocenters. The number of likely N-dealkylation sites (tertiary alicyclic amines) is 1. The summed E-state index contributed by atoms with van der Waals surface area (Å²) in [6.45, 7) is 2.72. The van der Waals surface area contributed by atoms with Gasteiger partial charge in [0.25, 0.3) is 11.8 Å². The fraction of sp³-hybridized carbons (Fsp3) is 0.312. The van der Waals surface area contributed by atoms with Crippen LogP contribution in [-0.4, -0.2) is 69.6 Å². The van der Waals surface area contributed by atoms with Gasteiger partial charge in [-0.15, -0.1) is 0 Å². The second-order valence-corrected chi connectivity index (χ2v) is 11.5. The van der Waals surface area contributed by atoms with Crippen LogP contribution in [0.3, 0.4) is 0 Å². The van der Waals surface area contributed by atoms with Crippen LogP contribution in [0.15, 0.2) is 72.2 Å². The van der Waals surface area contributed by atoms with Gasteiger partial charge in [0.15, 0.2) is 5.69 Å². The standard InChI is InChI=1S/C32H31F4N7O2/c1-18-28(30(44)39-22-6-4-21-17-37-11-8-19(21)14-22)29(20-5-7-24(25(33)15-20)32(34,35)36)43-27(38-18)16-26(40-43)31(45)42-12-9-23(10-13-42)41(2)3/h4-8,11,14-17,23,29,38H,9-10,12-13H2,1-3H3,(H,39,44). The molecular weight excluding hydrogens is 590 g/mol. The van der Waals surface area contributed by atoms with Crippen molar-refractivity contribution in [1.29, 1.82) is 0 Å². The molecule has 2 aromatic heterocycles. The molecule has 4 aromatic rings. The average molecular weight is 622 g/mol. The number of benzene rings is 2. The number of piperidine rings is 1. The van der Waals surface area contributed by atoms with Crippen LogP contribution in [0, 0.1) is 5.82 Å². The monoisotopic (exact) mass is 621 g/mol. The molecule has 0 spiro atoms.